The fraction of sp³-hybridized carbons (Fsp3) is 0.939. The SMILES string of the molecule is CCCCCCCC(=O)O[C@H](COC(=O)CCCCCCCCCCCCCCCCCCC(C)C)COP(=O)(O)O. The number of unbranched alkanes of at least 4 members (excludes halogenated alkanes) is 19. The highest BCUT2D eigenvalue weighted by molar-refractivity contribution is 7.46. The van der Waals surface area contributed by atoms with Crippen LogP contribution in [0.3, 0.4) is 0 Å². The van der Waals surface area contributed by atoms with Gasteiger partial charge in [0.1, 0.15) is 6.61 Å². The minimum absolute atomic E-state index is 0.211. The molecular weight excluding hydrogens is 555 g/mol. The molecule has 250 valence electrons. The quantitative estimate of drug-likeness (QED) is 0.0447. The lowest BCUT2D eigenvalue weighted by atomic mass is 10.0. The summed E-state index contributed by atoms with van der Waals surface area (Å²) in [6.45, 7) is 5.92. The van der Waals surface area contributed by atoms with Gasteiger partial charge in [-0.1, -0.05) is 149 Å². The van der Waals surface area contributed by atoms with E-state index in [1.54, 1.807) is 0 Å². The van der Waals surface area contributed by atoms with Gasteiger partial charge in [0.2, 0.25) is 0 Å². The zero-order valence-corrected chi connectivity index (χ0v) is 28.2. The second-order valence-electron chi connectivity index (χ2n) is 12.3. The van der Waals surface area contributed by atoms with Gasteiger partial charge < -0.3 is 19.3 Å². The predicted molar refractivity (Wildman–Crippen MR) is 170 cm³/mol. The first-order valence-corrected chi connectivity index (χ1v) is 18.7. The number of phosphoric acid groups is 1. The van der Waals surface area contributed by atoms with E-state index in [9.17, 15) is 14.2 Å². The summed E-state index contributed by atoms with van der Waals surface area (Å²) < 4.78 is 26.0. The van der Waals surface area contributed by atoms with Crippen molar-refractivity contribution in [1.82, 2.24) is 0 Å². The molecule has 0 radical (unpaired) electrons. The van der Waals surface area contributed by atoms with Gasteiger partial charge in [-0.05, 0) is 18.8 Å². The number of ether oxygens (including phenoxy) is 2. The molecule has 0 saturated heterocycles. The smallest absolute Gasteiger partial charge is 0.462 e. The molecule has 1 atom stereocenters. The summed E-state index contributed by atoms with van der Waals surface area (Å²) in [5.74, 6) is -0.0467. The Morgan fingerprint density at radius 3 is 1.43 bits per heavy atom. The third-order valence-corrected chi connectivity index (χ3v) is 8.04. The highest BCUT2D eigenvalue weighted by Gasteiger charge is 2.22. The molecule has 0 spiro atoms. The molecular formula is C33H65O8P. The van der Waals surface area contributed by atoms with E-state index in [-0.39, 0.29) is 19.4 Å². The lowest BCUT2D eigenvalue weighted by Gasteiger charge is -2.18. The molecule has 2 N–H and O–H groups in total. The Labute approximate surface area is 257 Å². The molecule has 0 rings (SSSR count). The summed E-state index contributed by atoms with van der Waals surface area (Å²) in [5.41, 5.74) is 0. The van der Waals surface area contributed by atoms with Gasteiger partial charge in [-0.2, -0.15) is 0 Å². The Hall–Kier alpha value is -0.950. The molecule has 0 fully saturated rings. The molecule has 0 amide bonds. The molecule has 0 heterocycles. The van der Waals surface area contributed by atoms with Gasteiger partial charge in [0.15, 0.2) is 6.10 Å². The van der Waals surface area contributed by atoms with Crippen LogP contribution in [0.5, 0.6) is 0 Å². The van der Waals surface area contributed by atoms with Crippen molar-refractivity contribution in [2.75, 3.05) is 13.2 Å². The number of hydrogen-bond acceptors (Lipinski definition) is 6. The second kappa shape index (κ2) is 28.8. The first-order valence-electron chi connectivity index (χ1n) is 17.2. The first kappa shape index (κ1) is 41.0. The topological polar surface area (TPSA) is 119 Å². The van der Waals surface area contributed by atoms with Crippen LogP contribution >= 0.6 is 7.82 Å². The van der Waals surface area contributed by atoms with Crippen LogP contribution in [-0.2, 0) is 28.2 Å². The Morgan fingerprint density at radius 2 is 1.00 bits per heavy atom. The van der Waals surface area contributed by atoms with Crippen LogP contribution in [0.25, 0.3) is 0 Å². The summed E-state index contributed by atoms with van der Waals surface area (Å²) in [6, 6.07) is 0. The van der Waals surface area contributed by atoms with E-state index in [2.05, 4.69) is 25.3 Å². The van der Waals surface area contributed by atoms with Crippen LogP contribution in [0, 0.1) is 5.92 Å². The van der Waals surface area contributed by atoms with E-state index in [4.69, 9.17) is 19.3 Å². The van der Waals surface area contributed by atoms with E-state index in [1.165, 1.54) is 89.9 Å². The maximum atomic E-state index is 12.1. The van der Waals surface area contributed by atoms with Gasteiger partial charge >= 0.3 is 19.8 Å². The average molecular weight is 621 g/mol. The van der Waals surface area contributed by atoms with Crippen molar-refractivity contribution in [2.24, 2.45) is 5.92 Å². The molecule has 0 aromatic rings. The molecule has 9 heteroatoms. The highest BCUT2D eigenvalue weighted by Crippen LogP contribution is 2.36. The van der Waals surface area contributed by atoms with Crippen LogP contribution in [0.4, 0.5) is 0 Å². The number of hydrogen-bond donors (Lipinski definition) is 2. The van der Waals surface area contributed by atoms with Crippen molar-refractivity contribution in [3.63, 3.8) is 0 Å². The van der Waals surface area contributed by atoms with Crippen LogP contribution in [0.1, 0.15) is 175 Å². The van der Waals surface area contributed by atoms with Crippen molar-refractivity contribution in [1.29, 1.82) is 0 Å². The van der Waals surface area contributed by atoms with Crippen molar-refractivity contribution < 1.29 is 37.9 Å². The molecule has 0 unspecified atom stereocenters. The Balaban J connectivity index is 3.76. The average Bonchev–Trinajstić information content (AvgIpc) is 2.93. The van der Waals surface area contributed by atoms with Crippen LogP contribution in [0.2, 0.25) is 0 Å². The van der Waals surface area contributed by atoms with Gasteiger partial charge in [0.25, 0.3) is 0 Å². The lowest BCUT2D eigenvalue weighted by molar-refractivity contribution is -0.161. The van der Waals surface area contributed by atoms with Gasteiger partial charge in [0.05, 0.1) is 6.61 Å². The third-order valence-electron chi connectivity index (χ3n) is 7.55. The minimum Gasteiger partial charge on any atom is -0.462 e. The van der Waals surface area contributed by atoms with E-state index in [1.807, 2.05) is 0 Å². The molecule has 0 aliphatic carbocycles. The second-order valence-corrected chi connectivity index (χ2v) is 13.6. The first-order chi connectivity index (χ1) is 20.1. The van der Waals surface area contributed by atoms with Crippen LogP contribution < -0.4 is 0 Å². The van der Waals surface area contributed by atoms with Crippen LogP contribution in [0.15, 0.2) is 0 Å². The largest absolute Gasteiger partial charge is 0.469 e. The maximum Gasteiger partial charge on any atom is 0.469 e. The van der Waals surface area contributed by atoms with Crippen LogP contribution in [-0.4, -0.2) is 41.0 Å². The highest BCUT2D eigenvalue weighted by atomic mass is 31.2. The molecule has 0 aliphatic rings. The van der Waals surface area contributed by atoms with Gasteiger partial charge in [-0.15, -0.1) is 0 Å². The fourth-order valence-corrected chi connectivity index (χ4v) is 5.33. The van der Waals surface area contributed by atoms with E-state index in [0.717, 1.165) is 50.9 Å². The standard InChI is InChI=1S/C33H65O8P/c1-4-5-6-19-24-27-33(35)41-31(29-40-42(36,37)38)28-39-32(34)26-23-21-18-16-14-12-10-8-7-9-11-13-15-17-20-22-25-30(2)3/h30-31H,4-29H2,1-3H3,(H2,36,37,38)/t31-/m1/s1. The molecule has 0 aromatic heterocycles. The number of carbonyl (C=O) groups excluding carboxylic acids is 2. The summed E-state index contributed by atoms with van der Waals surface area (Å²) in [6.07, 6.45) is 26.0. The van der Waals surface area contributed by atoms with E-state index < -0.39 is 32.5 Å². The van der Waals surface area contributed by atoms with Gasteiger partial charge in [0, 0.05) is 12.8 Å². The third kappa shape index (κ3) is 32.0. The molecule has 0 aromatic carbocycles. The fourth-order valence-electron chi connectivity index (χ4n) is 4.97. The lowest BCUT2D eigenvalue weighted by Crippen LogP contribution is -2.29. The van der Waals surface area contributed by atoms with Crippen molar-refractivity contribution in [2.45, 2.75) is 181 Å². The van der Waals surface area contributed by atoms with E-state index in [0.29, 0.717) is 6.42 Å². The summed E-state index contributed by atoms with van der Waals surface area (Å²) in [7, 11) is -4.73. The van der Waals surface area contributed by atoms with Gasteiger partial charge in [-0.3, -0.25) is 14.1 Å². The van der Waals surface area contributed by atoms with Gasteiger partial charge in [-0.25, -0.2) is 4.57 Å². The molecule has 8 nitrogen and oxygen atoms in total. The predicted octanol–water partition coefficient (Wildman–Crippen LogP) is 9.59. The minimum atomic E-state index is -4.73. The van der Waals surface area contributed by atoms with Crippen molar-refractivity contribution in [3.05, 3.63) is 0 Å². The zero-order chi connectivity index (χ0) is 31.3. The molecule has 0 aliphatic heterocycles. The summed E-state index contributed by atoms with van der Waals surface area (Å²) in [4.78, 5) is 42.2. The monoisotopic (exact) mass is 620 g/mol. The Kier molecular flexibility index (Phi) is 28.1. The van der Waals surface area contributed by atoms with Crippen molar-refractivity contribution >= 4 is 19.8 Å². The number of rotatable bonds is 31. The van der Waals surface area contributed by atoms with E-state index >= 15 is 0 Å². The normalized spacial score (nSPS) is 12.5. The Morgan fingerprint density at radius 1 is 0.595 bits per heavy atom. The molecule has 0 bridgehead atoms. The number of phosphoric ester groups is 1. The van der Waals surface area contributed by atoms with Crippen molar-refractivity contribution in [3.8, 4) is 0 Å². The molecule has 0 saturated carbocycles. The zero-order valence-electron chi connectivity index (χ0n) is 27.3. The molecule has 42 heavy (non-hydrogen) atoms. The maximum absolute atomic E-state index is 12.1. The summed E-state index contributed by atoms with van der Waals surface area (Å²) in [5, 5.41) is 0. The number of carbonyl (C=O) groups is 2. The Bertz CT molecular complexity index is 679. The summed E-state index contributed by atoms with van der Waals surface area (Å²) >= 11 is 0. The number of esters is 2.